The van der Waals surface area contributed by atoms with E-state index in [1.165, 1.54) is 6.07 Å². The minimum absolute atomic E-state index is 0.0665. The van der Waals surface area contributed by atoms with Crippen molar-refractivity contribution in [2.24, 2.45) is 21.5 Å². The molecule has 1 aliphatic rings. The van der Waals surface area contributed by atoms with Crippen LogP contribution in [0.1, 0.15) is 12.8 Å². The van der Waals surface area contributed by atoms with E-state index in [9.17, 15) is 8.78 Å². The Labute approximate surface area is 136 Å². The molecule has 0 aromatic heterocycles. The number of alkyl halides is 2. The van der Waals surface area contributed by atoms with E-state index in [0.717, 1.165) is 0 Å². The number of aliphatic imine (C=N–C) groups is 2. The highest BCUT2D eigenvalue weighted by Gasteiger charge is 2.34. The second-order valence-corrected chi connectivity index (χ2v) is 5.70. The van der Waals surface area contributed by atoms with Gasteiger partial charge in [-0.3, -0.25) is 0 Å². The van der Waals surface area contributed by atoms with Gasteiger partial charge in [0.25, 0.3) is 5.92 Å². The fraction of sp³-hybridized carbons (Fsp3) is 0.385. The maximum absolute atomic E-state index is 13.1. The molecule has 0 unspecified atom stereocenters. The summed E-state index contributed by atoms with van der Waals surface area (Å²) in [5.74, 6) is -2.67. The van der Waals surface area contributed by atoms with Crippen molar-refractivity contribution >= 4 is 40.8 Å². The van der Waals surface area contributed by atoms with Crippen LogP contribution < -0.4 is 11.5 Å². The second kappa shape index (κ2) is 6.66. The first-order chi connectivity index (χ1) is 10.3. The Balaban J connectivity index is 2.07. The largest absolute Gasteiger partial charge is 0.369 e. The molecule has 1 aliphatic heterocycles. The standard InChI is InChI=1S/C13H15Cl2F2N5/c14-9-2-1-8(7-10(9)15)20-11(18)21-12(19)22-5-3-13(16,17)4-6-22/h1-2,7H,3-6H2,(H4,18,19,20,21). The molecule has 0 amide bonds. The van der Waals surface area contributed by atoms with E-state index in [-0.39, 0.29) is 37.9 Å². The first kappa shape index (κ1) is 16.8. The molecule has 1 aromatic rings. The quantitative estimate of drug-likeness (QED) is 0.604. The van der Waals surface area contributed by atoms with E-state index < -0.39 is 5.92 Å². The van der Waals surface area contributed by atoms with Crippen LogP contribution in [0.15, 0.2) is 28.2 Å². The lowest BCUT2D eigenvalue weighted by molar-refractivity contribution is -0.0435. The summed E-state index contributed by atoms with van der Waals surface area (Å²) in [6.07, 6.45) is -0.514. The van der Waals surface area contributed by atoms with Crippen LogP contribution in [0.2, 0.25) is 10.0 Å². The number of nitrogens with zero attached hydrogens (tertiary/aromatic N) is 3. The number of likely N-dealkylation sites (tertiary alicyclic amines) is 1. The van der Waals surface area contributed by atoms with Crippen molar-refractivity contribution < 1.29 is 8.78 Å². The SMILES string of the molecule is NC(=Nc1ccc(Cl)c(Cl)c1)N=C(N)N1CCC(F)(F)CC1. The van der Waals surface area contributed by atoms with Crippen LogP contribution in [0, 0.1) is 0 Å². The van der Waals surface area contributed by atoms with Gasteiger partial charge in [-0.05, 0) is 18.2 Å². The minimum atomic E-state index is -2.64. The maximum Gasteiger partial charge on any atom is 0.251 e. The highest BCUT2D eigenvalue weighted by molar-refractivity contribution is 6.42. The van der Waals surface area contributed by atoms with Gasteiger partial charge in [-0.25, -0.2) is 13.8 Å². The summed E-state index contributed by atoms with van der Waals surface area (Å²) in [7, 11) is 0. The number of rotatable bonds is 1. The molecule has 120 valence electrons. The van der Waals surface area contributed by atoms with E-state index in [2.05, 4.69) is 9.98 Å². The third-order valence-corrected chi connectivity index (χ3v) is 3.93. The van der Waals surface area contributed by atoms with Crippen LogP contribution in [0.5, 0.6) is 0 Å². The fourth-order valence-electron chi connectivity index (χ4n) is 1.96. The van der Waals surface area contributed by atoms with E-state index in [4.69, 9.17) is 34.7 Å². The highest BCUT2D eigenvalue weighted by atomic mass is 35.5. The van der Waals surface area contributed by atoms with Gasteiger partial charge in [0, 0.05) is 25.9 Å². The second-order valence-electron chi connectivity index (χ2n) is 4.88. The zero-order valence-electron chi connectivity index (χ0n) is 11.6. The van der Waals surface area contributed by atoms with E-state index >= 15 is 0 Å². The molecule has 2 rings (SSSR count). The Morgan fingerprint density at radius 2 is 1.77 bits per heavy atom. The number of nitrogens with two attached hydrogens (primary N) is 2. The molecule has 1 saturated heterocycles. The van der Waals surface area contributed by atoms with Gasteiger partial charge in [0.05, 0.1) is 15.7 Å². The number of halogens is 4. The number of benzene rings is 1. The van der Waals surface area contributed by atoms with Crippen molar-refractivity contribution in [2.75, 3.05) is 13.1 Å². The van der Waals surface area contributed by atoms with Gasteiger partial charge in [-0.1, -0.05) is 23.2 Å². The molecule has 4 N–H and O–H groups in total. The molecule has 1 fully saturated rings. The van der Waals surface area contributed by atoms with Crippen molar-refractivity contribution in [2.45, 2.75) is 18.8 Å². The molecule has 0 radical (unpaired) electrons. The Morgan fingerprint density at radius 1 is 1.14 bits per heavy atom. The molecular weight excluding hydrogens is 335 g/mol. The number of hydrogen-bond acceptors (Lipinski definition) is 1. The summed E-state index contributed by atoms with van der Waals surface area (Å²) in [6.45, 7) is 0.255. The summed E-state index contributed by atoms with van der Waals surface area (Å²) in [4.78, 5) is 9.51. The molecule has 0 spiro atoms. The van der Waals surface area contributed by atoms with Crippen molar-refractivity contribution in [3.8, 4) is 0 Å². The van der Waals surface area contributed by atoms with Gasteiger partial charge in [0.1, 0.15) is 0 Å². The molecule has 9 heteroatoms. The third-order valence-electron chi connectivity index (χ3n) is 3.19. The summed E-state index contributed by atoms with van der Waals surface area (Å²) in [6, 6.07) is 4.73. The molecule has 22 heavy (non-hydrogen) atoms. The van der Waals surface area contributed by atoms with Crippen LogP contribution in [0.4, 0.5) is 14.5 Å². The van der Waals surface area contributed by atoms with Crippen molar-refractivity contribution in [1.82, 2.24) is 4.90 Å². The van der Waals surface area contributed by atoms with Gasteiger partial charge >= 0.3 is 0 Å². The molecule has 0 saturated carbocycles. The normalized spacial score (nSPS) is 19.4. The Bertz CT molecular complexity index is 608. The summed E-state index contributed by atoms with van der Waals surface area (Å²) in [5, 5.41) is 0.738. The number of hydrogen-bond donors (Lipinski definition) is 2. The predicted octanol–water partition coefficient (Wildman–Crippen LogP) is 2.99. The van der Waals surface area contributed by atoms with Crippen molar-refractivity contribution in [3.05, 3.63) is 28.2 Å². The van der Waals surface area contributed by atoms with Crippen molar-refractivity contribution in [3.63, 3.8) is 0 Å². The minimum Gasteiger partial charge on any atom is -0.369 e. The molecule has 0 atom stereocenters. The molecule has 1 heterocycles. The molecule has 0 bridgehead atoms. The maximum atomic E-state index is 13.1. The Kier molecular flexibility index (Phi) is 5.08. The fourth-order valence-corrected chi connectivity index (χ4v) is 2.26. The Hall–Kier alpha value is -1.60. The zero-order valence-corrected chi connectivity index (χ0v) is 13.1. The van der Waals surface area contributed by atoms with E-state index in [0.29, 0.717) is 15.7 Å². The lowest BCUT2D eigenvalue weighted by Crippen LogP contribution is -2.46. The summed E-state index contributed by atoms with van der Waals surface area (Å²) < 4.78 is 26.2. The zero-order chi connectivity index (χ0) is 16.3. The molecule has 1 aromatic carbocycles. The van der Waals surface area contributed by atoms with Gasteiger partial charge in [0.15, 0.2) is 5.96 Å². The molecule has 5 nitrogen and oxygen atoms in total. The Morgan fingerprint density at radius 3 is 2.36 bits per heavy atom. The van der Waals surface area contributed by atoms with Crippen LogP contribution in [-0.4, -0.2) is 35.8 Å². The van der Waals surface area contributed by atoms with Crippen molar-refractivity contribution in [1.29, 1.82) is 0 Å². The van der Waals surface area contributed by atoms with Crippen LogP contribution in [-0.2, 0) is 0 Å². The van der Waals surface area contributed by atoms with Gasteiger partial charge in [0.2, 0.25) is 5.96 Å². The topological polar surface area (TPSA) is 80.0 Å². The summed E-state index contributed by atoms with van der Waals surface area (Å²) in [5.41, 5.74) is 11.9. The third kappa shape index (κ3) is 4.45. The van der Waals surface area contributed by atoms with Gasteiger partial charge < -0.3 is 16.4 Å². The molecule has 0 aliphatic carbocycles. The van der Waals surface area contributed by atoms with Crippen LogP contribution in [0.25, 0.3) is 0 Å². The monoisotopic (exact) mass is 349 g/mol. The first-order valence-corrected chi connectivity index (χ1v) is 7.28. The average molecular weight is 350 g/mol. The highest BCUT2D eigenvalue weighted by Crippen LogP contribution is 2.28. The lowest BCUT2D eigenvalue weighted by Gasteiger charge is -2.32. The van der Waals surface area contributed by atoms with Crippen LogP contribution in [0.3, 0.4) is 0 Å². The average Bonchev–Trinajstić information content (AvgIpc) is 2.42. The smallest absolute Gasteiger partial charge is 0.251 e. The van der Waals surface area contributed by atoms with Gasteiger partial charge in [-0.15, -0.1) is 0 Å². The number of guanidine groups is 2. The first-order valence-electron chi connectivity index (χ1n) is 6.53. The predicted molar refractivity (Wildman–Crippen MR) is 85.1 cm³/mol. The molecular formula is C13H15Cl2F2N5. The number of piperidine rings is 1. The lowest BCUT2D eigenvalue weighted by atomic mass is 10.1. The van der Waals surface area contributed by atoms with Crippen LogP contribution >= 0.6 is 23.2 Å². The van der Waals surface area contributed by atoms with Gasteiger partial charge in [-0.2, -0.15) is 4.99 Å². The van der Waals surface area contributed by atoms with E-state index in [1.54, 1.807) is 17.0 Å². The van der Waals surface area contributed by atoms with E-state index in [1.807, 2.05) is 0 Å². The summed E-state index contributed by atoms with van der Waals surface area (Å²) >= 11 is 11.7.